The lowest BCUT2D eigenvalue weighted by Crippen LogP contribution is -2.56. The average Bonchev–Trinajstić information content (AvgIpc) is 2.74. The maximum Gasteiger partial charge on any atom is 0.312 e. The van der Waals surface area contributed by atoms with Crippen molar-refractivity contribution in [2.75, 3.05) is 39.3 Å². The van der Waals surface area contributed by atoms with Crippen molar-refractivity contribution in [2.45, 2.75) is 26.3 Å². The van der Waals surface area contributed by atoms with Gasteiger partial charge in [-0.1, -0.05) is 30.3 Å². The number of carbonyl (C=O) groups is 4. The first-order chi connectivity index (χ1) is 14.0. The molecule has 0 saturated carbocycles. The molecule has 0 unspecified atom stereocenters. The minimum Gasteiger partial charge on any atom is -0.466 e. The number of piperidine rings is 1. The van der Waals surface area contributed by atoms with E-state index in [1.165, 1.54) is 9.80 Å². The largest absolute Gasteiger partial charge is 0.466 e. The number of benzene rings is 1. The fraction of sp³-hybridized carbons (Fsp3) is 0.524. The van der Waals surface area contributed by atoms with Gasteiger partial charge < -0.3 is 19.4 Å². The van der Waals surface area contributed by atoms with Gasteiger partial charge in [-0.25, -0.2) is 0 Å². The van der Waals surface area contributed by atoms with Crippen LogP contribution in [-0.4, -0.2) is 77.7 Å². The molecule has 2 aliphatic heterocycles. The molecule has 0 spiro atoms. The van der Waals surface area contributed by atoms with Crippen LogP contribution in [0.4, 0.5) is 0 Å². The predicted molar refractivity (Wildman–Crippen MR) is 104 cm³/mol. The van der Waals surface area contributed by atoms with Gasteiger partial charge in [0.2, 0.25) is 5.91 Å². The van der Waals surface area contributed by atoms with Crippen LogP contribution in [0.5, 0.6) is 0 Å². The number of ether oxygens (including phenoxy) is 1. The number of rotatable bonds is 6. The van der Waals surface area contributed by atoms with E-state index in [-0.39, 0.29) is 24.3 Å². The molecule has 0 radical (unpaired) electrons. The lowest BCUT2D eigenvalue weighted by Gasteiger charge is -2.36. The van der Waals surface area contributed by atoms with Crippen molar-refractivity contribution in [3.8, 4) is 0 Å². The maximum atomic E-state index is 12.6. The Morgan fingerprint density at radius 2 is 1.59 bits per heavy atom. The van der Waals surface area contributed by atoms with Crippen molar-refractivity contribution < 1.29 is 23.9 Å². The molecular formula is C21H27N3O5. The van der Waals surface area contributed by atoms with Crippen LogP contribution in [0.15, 0.2) is 30.3 Å². The topological polar surface area (TPSA) is 87.2 Å². The van der Waals surface area contributed by atoms with Crippen molar-refractivity contribution in [1.82, 2.24) is 14.7 Å². The third kappa shape index (κ3) is 5.13. The molecule has 2 fully saturated rings. The fourth-order valence-corrected chi connectivity index (χ4v) is 3.71. The van der Waals surface area contributed by atoms with E-state index >= 15 is 0 Å². The third-order valence-corrected chi connectivity index (χ3v) is 5.41. The van der Waals surface area contributed by atoms with Gasteiger partial charge in [0.25, 0.3) is 0 Å². The number of nitrogens with zero attached hydrogens (tertiary/aromatic N) is 3. The highest BCUT2D eigenvalue weighted by Crippen LogP contribution is 2.19. The van der Waals surface area contributed by atoms with Crippen LogP contribution < -0.4 is 0 Å². The summed E-state index contributed by atoms with van der Waals surface area (Å²) >= 11 is 0. The van der Waals surface area contributed by atoms with Crippen LogP contribution in [-0.2, 0) is 30.5 Å². The summed E-state index contributed by atoms with van der Waals surface area (Å²) in [4.78, 5) is 53.8. The van der Waals surface area contributed by atoms with Gasteiger partial charge >= 0.3 is 17.8 Å². The summed E-state index contributed by atoms with van der Waals surface area (Å²) in [5.74, 6) is -1.79. The first-order valence-electron chi connectivity index (χ1n) is 10.1. The van der Waals surface area contributed by atoms with Crippen molar-refractivity contribution in [1.29, 1.82) is 0 Å². The highest BCUT2D eigenvalue weighted by molar-refractivity contribution is 6.35. The SMILES string of the molecule is CCOC(=O)C1CCN(C(=O)CN2CCN(Cc3ccccc3)C(=O)C2=O)CC1. The van der Waals surface area contributed by atoms with E-state index in [4.69, 9.17) is 4.74 Å². The maximum absolute atomic E-state index is 12.6. The Hall–Kier alpha value is -2.90. The number of esters is 1. The second-order valence-corrected chi connectivity index (χ2v) is 7.35. The van der Waals surface area contributed by atoms with Gasteiger partial charge in [0.1, 0.15) is 6.54 Å². The van der Waals surface area contributed by atoms with Gasteiger partial charge in [-0.3, -0.25) is 19.2 Å². The molecule has 2 heterocycles. The predicted octanol–water partition coefficient (Wildman–Crippen LogP) is 0.659. The molecule has 2 saturated heterocycles. The Morgan fingerprint density at radius 1 is 0.966 bits per heavy atom. The van der Waals surface area contributed by atoms with Gasteiger partial charge in [-0.2, -0.15) is 0 Å². The average molecular weight is 401 g/mol. The summed E-state index contributed by atoms with van der Waals surface area (Å²) in [7, 11) is 0. The monoisotopic (exact) mass is 401 g/mol. The van der Waals surface area contributed by atoms with Crippen LogP contribution in [0.1, 0.15) is 25.3 Å². The molecule has 1 aromatic rings. The molecule has 0 aliphatic carbocycles. The van der Waals surface area contributed by atoms with Crippen LogP contribution in [0.25, 0.3) is 0 Å². The summed E-state index contributed by atoms with van der Waals surface area (Å²) in [6.45, 7) is 4.05. The second-order valence-electron chi connectivity index (χ2n) is 7.35. The Morgan fingerprint density at radius 3 is 2.24 bits per heavy atom. The van der Waals surface area contributed by atoms with Crippen LogP contribution in [0, 0.1) is 5.92 Å². The van der Waals surface area contributed by atoms with Gasteiger partial charge in [0.05, 0.1) is 12.5 Å². The van der Waals surface area contributed by atoms with Gasteiger partial charge in [-0.05, 0) is 25.3 Å². The minimum atomic E-state index is -0.637. The zero-order valence-corrected chi connectivity index (χ0v) is 16.7. The van der Waals surface area contributed by atoms with Gasteiger partial charge in [0, 0.05) is 32.7 Å². The van der Waals surface area contributed by atoms with Crippen molar-refractivity contribution >= 4 is 23.7 Å². The molecule has 156 valence electrons. The lowest BCUT2D eigenvalue weighted by atomic mass is 9.97. The quantitative estimate of drug-likeness (QED) is 0.516. The van der Waals surface area contributed by atoms with E-state index in [0.29, 0.717) is 52.2 Å². The van der Waals surface area contributed by atoms with Crippen LogP contribution in [0.2, 0.25) is 0 Å². The highest BCUT2D eigenvalue weighted by atomic mass is 16.5. The number of likely N-dealkylation sites (tertiary alicyclic amines) is 1. The highest BCUT2D eigenvalue weighted by Gasteiger charge is 2.35. The molecule has 0 atom stereocenters. The summed E-state index contributed by atoms with van der Waals surface area (Å²) in [6.07, 6.45) is 1.12. The van der Waals surface area contributed by atoms with Crippen molar-refractivity contribution in [3.63, 3.8) is 0 Å². The van der Waals surface area contributed by atoms with E-state index in [9.17, 15) is 19.2 Å². The Bertz CT molecular complexity index is 759. The molecular weight excluding hydrogens is 374 g/mol. The van der Waals surface area contributed by atoms with E-state index in [1.807, 2.05) is 30.3 Å². The molecule has 3 rings (SSSR count). The first kappa shape index (κ1) is 20.8. The first-order valence-corrected chi connectivity index (χ1v) is 10.1. The van der Waals surface area contributed by atoms with Crippen LogP contribution >= 0.6 is 0 Å². The van der Waals surface area contributed by atoms with Crippen LogP contribution in [0.3, 0.4) is 0 Å². The molecule has 0 aromatic heterocycles. The van der Waals surface area contributed by atoms with E-state index < -0.39 is 11.8 Å². The summed E-state index contributed by atoms with van der Waals surface area (Å²) < 4.78 is 5.04. The molecule has 2 aliphatic rings. The van der Waals surface area contributed by atoms with Gasteiger partial charge in [-0.15, -0.1) is 0 Å². The number of carbonyl (C=O) groups excluding carboxylic acids is 4. The number of amides is 3. The zero-order valence-electron chi connectivity index (χ0n) is 16.7. The Kier molecular flexibility index (Phi) is 6.85. The normalized spacial score (nSPS) is 18.2. The van der Waals surface area contributed by atoms with Gasteiger partial charge in [0.15, 0.2) is 0 Å². The summed E-state index contributed by atoms with van der Waals surface area (Å²) in [5.41, 5.74) is 0.961. The van der Waals surface area contributed by atoms with Crippen molar-refractivity contribution in [2.24, 2.45) is 5.92 Å². The molecule has 8 heteroatoms. The number of hydrogen-bond donors (Lipinski definition) is 0. The summed E-state index contributed by atoms with van der Waals surface area (Å²) in [6, 6.07) is 9.50. The Labute approximate surface area is 170 Å². The summed E-state index contributed by atoms with van der Waals surface area (Å²) in [5, 5.41) is 0. The standard InChI is InChI=1S/C21H27N3O5/c1-2-29-21(28)17-8-10-22(11-9-17)18(25)15-24-13-12-23(19(26)20(24)27)14-16-6-4-3-5-7-16/h3-7,17H,2,8-15H2,1H3. The molecule has 29 heavy (non-hydrogen) atoms. The van der Waals surface area contributed by atoms with E-state index in [1.54, 1.807) is 11.8 Å². The zero-order chi connectivity index (χ0) is 20.8. The Balaban J connectivity index is 1.49. The van der Waals surface area contributed by atoms with E-state index in [2.05, 4.69) is 0 Å². The minimum absolute atomic E-state index is 0.103. The molecule has 8 nitrogen and oxygen atoms in total. The lowest BCUT2D eigenvalue weighted by molar-refractivity contribution is -0.158. The van der Waals surface area contributed by atoms with Crippen molar-refractivity contribution in [3.05, 3.63) is 35.9 Å². The number of piperazine rings is 1. The molecule has 1 aromatic carbocycles. The number of hydrogen-bond acceptors (Lipinski definition) is 5. The van der Waals surface area contributed by atoms with E-state index in [0.717, 1.165) is 5.56 Å². The fourth-order valence-electron chi connectivity index (χ4n) is 3.71. The third-order valence-electron chi connectivity index (χ3n) is 5.41. The molecule has 0 bridgehead atoms. The molecule has 0 N–H and O–H groups in total. The smallest absolute Gasteiger partial charge is 0.312 e. The molecule has 3 amide bonds. The second kappa shape index (κ2) is 9.54.